The summed E-state index contributed by atoms with van der Waals surface area (Å²) in [7, 11) is 0. The molecule has 1 saturated heterocycles. The van der Waals surface area contributed by atoms with Crippen molar-refractivity contribution in [2.45, 2.75) is 51.7 Å². The summed E-state index contributed by atoms with van der Waals surface area (Å²) in [5, 5.41) is 5.59. The zero-order valence-corrected chi connectivity index (χ0v) is 19.3. The maximum atomic E-state index is 12.3. The van der Waals surface area contributed by atoms with Gasteiger partial charge in [0, 0.05) is 42.6 Å². The number of carbonyl (C=O) groups is 3. The fraction of sp³-hybridized carbons (Fsp3) is 0.500. The molecule has 3 amide bonds. The van der Waals surface area contributed by atoms with Gasteiger partial charge in [0.15, 0.2) is 0 Å². The summed E-state index contributed by atoms with van der Waals surface area (Å²) in [4.78, 5) is 37.9. The second-order valence-electron chi connectivity index (χ2n) is 8.20. The number of nitrogens with one attached hydrogen (secondary N) is 2. The number of hydrogen-bond acceptors (Lipinski definition) is 4. The van der Waals surface area contributed by atoms with Crippen LogP contribution in [0.25, 0.3) is 6.08 Å². The van der Waals surface area contributed by atoms with Gasteiger partial charge < -0.3 is 20.3 Å². The van der Waals surface area contributed by atoms with E-state index in [0.29, 0.717) is 25.9 Å². The summed E-state index contributed by atoms with van der Waals surface area (Å²) in [6.45, 7) is 6.78. The number of halogens is 1. The Morgan fingerprint density at radius 1 is 1.20 bits per heavy atom. The number of nitrogens with zero attached hydrogens (tertiary/aromatic N) is 1. The highest BCUT2D eigenvalue weighted by Gasteiger charge is 2.23. The highest BCUT2D eigenvalue weighted by atomic mass is 79.9. The van der Waals surface area contributed by atoms with Crippen LogP contribution in [0.1, 0.15) is 45.6 Å². The van der Waals surface area contributed by atoms with E-state index in [1.807, 2.05) is 24.3 Å². The van der Waals surface area contributed by atoms with Crippen molar-refractivity contribution in [2.75, 3.05) is 19.6 Å². The van der Waals surface area contributed by atoms with Gasteiger partial charge in [-0.2, -0.15) is 0 Å². The minimum absolute atomic E-state index is 0.00958. The lowest BCUT2D eigenvalue weighted by atomic mass is 10.0. The fourth-order valence-corrected chi connectivity index (χ4v) is 3.46. The molecule has 164 valence electrons. The first-order valence-corrected chi connectivity index (χ1v) is 10.9. The molecule has 0 aromatic heterocycles. The number of rotatable bonds is 6. The first-order chi connectivity index (χ1) is 14.1. The third-order valence-electron chi connectivity index (χ3n) is 4.52. The summed E-state index contributed by atoms with van der Waals surface area (Å²) in [5.41, 5.74) is 0.376. The Hall–Kier alpha value is -2.35. The van der Waals surface area contributed by atoms with Crippen LogP contribution in [0.15, 0.2) is 34.8 Å². The molecule has 0 unspecified atom stereocenters. The molecule has 8 heteroatoms. The quantitative estimate of drug-likeness (QED) is 0.611. The summed E-state index contributed by atoms with van der Waals surface area (Å²) < 4.78 is 6.08. The normalized spacial score (nSPS) is 15.1. The third kappa shape index (κ3) is 8.57. The molecule has 0 atom stereocenters. The number of ether oxygens (including phenoxy) is 1. The highest BCUT2D eigenvalue weighted by molar-refractivity contribution is 9.10. The predicted molar refractivity (Wildman–Crippen MR) is 120 cm³/mol. The number of likely N-dealkylation sites (tertiary alicyclic amines) is 1. The number of piperidine rings is 1. The molecule has 1 aliphatic rings. The van der Waals surface area contributed by atoms with Crippen LogP contribution in [0.2, 0.25) is 0 Å². The van der Waals surface area contributed by atoms with Gasteiger partial charge in [-0.3, -0.25) is 9.59 Å². The molecule has 0 radical (unpaired) electrons. The van der Waals surface area contributed by atoms with E-state index in [9.17, 15) is 14.4 Å². The molecule has 1 aromatic rings. The molecule has 1 aromatic carbocycles. The van der Waals surface area contributed by atoms with Crippen molar-refractivity contribution in [1.29, 1.82) is 0 Å². The van der Waals surface area contributed by atoms with E-state index >= 15 is 0 Å². The molecule has 0 aliphatic carbocycles. The Morgan fingerprint density at radius 3 is 2.50 bits per heavy atom. The van der Waals surface area contributed by atoms with Crippen LogP contribution in [-0.4, -0.2) is 54.1 Å². The molecule has 1 aliphatic heterocycles. The molecule has 0 saturated carbocycles. The second kappa shape index (κ2) is 11.2. The van der Waals surface area contributed by atoms with Crippen molar-refractivity contribution < 1.29 is 19.1 Å². The van der Waals surface area contributed by atoms with Crippen molar-refractivity contribution in [3.63, 3.8) is 0 Å². The molecule has 1 heterocycles. The number of carbonyl (C=O) groups excluding carboxylic acids is 3. The van der Waals surface area contributed by atoms with E-state index in [-0.39, 0.29) is 30.8 Å². The molecular formula is C22H30BrN3O4. The maximum absolute atomic E-state index is 12.3. The third-order valence-corrected chi connectivity index (χ3v) is 5.24. The summed E-state index contributed by atoms with van der Waals surface area (Å²) in [6.07, 6.45) is 4.42. The minimum Gasteiger partial charge on any atom is -0.444 e. The van der Waals surface area contributed by atoms with Crippen molar-refractivity contribution in [1.82, 2.24) is 15.5 Å². The highest BCUT2D eigenvalue weighted by Crippen LogP contribution is 2.17. The van der Waals surface area contributed by atoms with Crippen LogP contribution in [-0.2, 0) is 14.3 Å². The standard InChI is InChI=1S/C22H30BrN3O4/c1-22(2,3)30-21(29)24-13-10-20(28)26-14-11-17(12-15-26)25-19(27)9-8-16-6-4-5-7-18(16)23/h4-9,17H,10-15H2,1-3H3,(H,24,29)(H,25,27)/b9-8+. The Balaban J connectivity index is 1.68. The number of amides is 3. The molecule has 7 nitrogen and oxygen atoms in total. The first-order valence-electron chi connectivity index (χ1n) is 10.1. The second-order valence-corrected chi connectivity index (χ2v) is 9.05. The monoisotopic (exact) mass is 479 g/mol. The van der Waals surface area contributed by atoms with Gasteiger partial charge in [0.2, 0.25) is 11.8 Å². The molecular weight excluding hydrogens is 450 g/mol. The van der Waals surface area contributed by atoms with Gasteiger partial charge in [0.05, 0.1) is 0 Å². The average Bonchev–Trinajstić information content (AvgIpc) is 2.66. The topological polar surface area (TPSA) is 87.7 Å². The molecule has 2 rings (SSSR count). The predicted octanol–water partition coefficient (Wildman–Crippen LogP) is 3.48. The van der Waals surface area contributed by atoms with Gasteiger partial charge in [0.1, 0.15) is 5.60 Å². The van der Waals surface area contributed by atoms with Crippen molar-refractivity contribution >= 4 is 39.9 Å². The van der Waals surface area contributed by atoms with Gasteiger partial charge >= 0.3 is 6.09 Å². The van der Waals surface area contributed by atoms with E-state index in [4.69, 9.17) is 4.74 Å². The zero-order chi connectivity index (χ0) is 22.1. The van der Waals surface area contributed by atoms with Crippen molar-refractivity contribution in [3.05, 3.63) is 40.4 Å². The summed E-state index contributed by atoms with van der Waals surface area (Å²) >= 11 is 3.45. The maximum Gasteiger partial charge on any atom is 0.407 e. The van der Waals surface area contributed by atoms with Crippen molar-refractivity contribution in [2.24, 2.45) is 0 Å². The first kappa shape index (κ1) is 23.9. The van der Waals surface area contributed by atoms with Crippen LogP contribution in [0, 0.1) is 0 Å². The number of alkyl carbamates (subject to hydrolysis) is 1. The van der Waals surface area contributed by atoms with Gasteiger partial charge in [0.25, 0.3) is 0 Å². The molecule has 2 N–H and O–H groups in total. The molecule has 1 fully saturated rings. The number of hydrogen-bond donors (Lipinski definition) is 2. The zero-order valence-electron chi connectivity index (χ0n) is 17.7. The van der Waals surface area contributed by atoms with Crippen LogP contribution >= 0.6 is 15.9 Å². The lowest BCUT2D eigenvalue weighted by molar-refractivity contribution is -0.132. The lowest BCUT2D eigenvalue weighted by Crippen LogP contribution is -2.46. The van der Waals surface area contributed by atoms with Crippen molar-refractivity contribution in [3.8, 4) is 0 Å². The molecule has 0 bridgehead atoms. The summed E-state index contributed by atoms with van der Waals surface area (Å²) in [5.74, 6) is -0.151. The van der Waals surface area contributed by atoms with Crippen LogP contribution < -0.4 is 10.6 Å². The van der Waals surface area contributed by atoms with Crippen LogP contribution in [0.3, 0.4) is 0 Å². The SMILES string of the molecule is CC(C)(C)OC(=O)NCCC(=O)N1CCC(NC(=O)/C=C/c2ccccc2Br)CC1. The Bertz CT molecular complexity index is 781. The largest absolute Gasteiger partial charge is 0.444 e. The Kier molecular flexibility index (Phi) is 8.89. The minimum atomic E-state index is -0.562. The molecule has 0 spiro atoms. The Labute approximate surface area is 186 Å². The fourth-order valence-electron chi connectivity index (χ4n) is 3.04. The molecule has 30 heavy (non-hydrogen) atoms. The van der Waals surface area contributed by atoms with E-state index < -0.39 is 11.7 Å². The van der Waals surface area contributed by atoms with E-state index in [2.05, 4.69) is 26.6 Å². The number of benzene rings is 1. The van der Waals surface area contributed by atoms with Gasteiger partial charge in [-0.05, 0) is 51.3 Å². The van der Waals surface area contributed by atoms with Crippen LogP contribution in [0.5, 0.6) is 0 Å². The smallest absolute Gasteiger partial charge is 0.407 e. The van der Waals surface area contributed by atoms with Crippen LogP contribution in [0.4, 0.5) is 4.79 Å². The van der Waals surface area contributed by atoms with E-state index in [0.717, 1.165) is 10.0 Å². The average molecular weight is 480 g/mol. The van der Waals surface area contributed by atoms with Gasteiger partial charge in [-0.1, -0.05) is 34.1 Å². The Morgan fingerprint density at radius 2 is 1.87 bits per heavy atom. The van der Waals surface area contributed by atoms with E-state index in [1.165, 1.54) is 6.08 Å². The van der Waals surface area contributed by atoms with E-state index in [1.54, 1.807) is 31.7 Å². The van der Waals surface area contributed by atoms with Gasteiger partial charge in [-0.15, -0.1) is 0 Å². The summed E-state index contributed by atoms with van der Waals surface area (Å²) in [6, 6.07) is 7.73. The van der Waals surface area contributed by atoms with Gasteiger partial charge in [-0.25, -0.2) is 4.79 Å². The lowest BCUT2D eigenvalue weighted by Gasteiger charge is -2.32.